The number of benzene rings is 4. The van der Waals surface area contributed by atoms with Crippen molar-refractivity contribution in [2.24, 2.45) is 0 Å². The molecule has 0 saturated carbocycles. The summed E-state index contributed by atoms with van der Waals surface area (Å²) in [6.45, 7) is 2.60. The number of aromatic nitrogens is 1. The molecule has 0 spiro atoms. The van der Waals surface area contributed by atoms with Crippen molar-refractivity contribution in [3.63, 3.8) is 0 Å². The zero-order valence-corrected chi connectivity index (χ0v) is 23.6. The largest absolute Gasteiger partial charge is 0.497 e. The predicted octanol–water partition coefficient (Wildman–Crippen LogP) is 7.90. The molecule has 0 aliphatic carbocycles. The van der Waals surface area contributed by atoms with E-state index in [4.69, 9.17) is 35.0 Å². The fraction of sp³-hybridized carbons (Fsp3) is 0.152. The second-order valence-electron chi connectivity index (χ2n) is 8.99. The molecule has 208 valence electrons. The Labute approximate surface area is 242 Å². The van der Waals surface area contributed by atoms with E-state index in [-0.39, 0.29) is 23.9 Å². The van der Waals surface area contributed by atoms with Gasteiger partial charge in [0.1, 0.15) is 23.6 Å². The number of ketones is 1. The smallest absolute Gasteiger partial charge is 0.231 e. The van der Waals surface area contributed by atoms with Crippen molar-refractivity contribution >= 4 is 40.1 Å². The first-order valence-corrected chi connectivity index (χ1v) is 13.3. The highest BCUT2D eigenvalue weighted by atomic mass is 35.5. The highest BCUT2D eigenvalue weighted by Crippen LogP contribution is 2.34. The number of hydrogen-bond acceptors (Lipinski definition) is 7. The molecule has 0 bridgehead atoms. The molecule has 0 amide bonds. The number of nitrogens with zero attached hydrogens (tertiary/aromatic N) is 1. The summed E-state index contributed by atoms with van der Waals surface area (Å²) < 4.78 is 28.7. The van der Waals surface area contributed by atoms with Crippen molar-refractivity contribution in [2.45, 2.75) is 13.5 Å². The minimum Gasteiger partial charge on any atom is -0.497 e. The second-order valence-corrected chi connectivity index (χ2v) is 9.40. The van der Waals surface area contributed by atoms with Gasteiger partial charge < -0.3 is 23.4 Å². The number of fused-ring (bicyclic) bond motifs is 1. The van der Waals surface area contributed by atoms with Crippen molar-refractivity contribution < 1.29 is 28.2 Å². The predicted molar refractivity (Wildman–Crippen MR) is 159 cm³/mol. The average molecular weight is 570 g/mol. The number of Topliss-reactive ketones (excluding diaryl/α,β-unsaturated/α-hetero) is 1. The first-order chi connectivity index (χ1) is 20.0. The first-order valence-electron chi connectivity index (χ1n) is 13.0. The van der Waals surface area contributed by atoms with Crippen LogP contribution < -0.4 is 18.9 Å². The molecule has 41 heavy (non-hydrogen) atoms. The fourth-order valence-electron chi connectivity index (χ4n) is 4.25. The third-order valence-electron chi connectivity index (χ3n) is 6.30. The van der Waals surface area contributed by atoms with E-state index in [0.717, 1.165) is 5.56 Å². The summed E-state index contributed by atoms with van der Waals surface area (Å²) in [5, 5.41) is 0.626. The molecule has 0 N–H and O–H groups in total. The third kappa shape index (κ3) is 6.36. The zero-order chi connectivity index (χ0) is 28.8. The maximum absolute atomic E-state index is 14.0. The monoisotopic (exact) mass is 569 g/mol. The number of rotatable bonds is 11. The van der Waals surface area contributed by atoms with Crippen LogP contribution in [0.3, 0.4) is 0 Å². The minimum atomic E-state index is -0.314. The van der Waals surface area contributed by atoms with Crippen LogP contribution in [-0.2, 0) is 6.61 Å². The summed E-state index contributed by atoms with van der Waals surface area (Å²) in [5.74, 6) is 1.93. The van der Waals surface area contributed by atoms with Crippen molar-refractivity contribution in [1.82, 2.24) is 4.98 Å². The van der Waals surface area contributed by atoms with Gasteiger partial charge in [-0.2, -0.15) is 0 Å². The van der Waals surface area contributed by atoms with Crippen LogP contribution in [0, 0.1) is 0 Å². The van der Waals surface area contributed by atoms with Gasteiger partial charge in [0.15, 0.2) is 22.9 Å². The second kappa shape index (κ2) is 12.6. The standard InChI is InChI=1S/C33H28ClNO6/c1-4-39-31-16-21(13-14-30(31)40-20-22-9-5-6-10-27(22)34)15-26(33-35-28-11-7-8-12-29(28)41-33)32(36)23-17-24(37-2)19-25(18-23)38-3/h5-19H,4,20H2,1-3H3. The molecule has 4 aromatic carbocycles. The molecule has 0 atom stereocenters. The molecule has 0 aliphatic rings. The molecule has 0 fully saturated rings. The first kappa shape index (κ1) is 27.8. The molecule has 0 radical (unpaired) electrons. The topological polar surface area (TPSA) is 80.0 Å². The number of methoxy groups -OCH3 is 2. The molecule has 7 nitrogen and oxygen atoms in total. The molecule has 1 heterocycles. The Morgan fingerprint density at radius 2 is 1.61 bits per heavy atom. The molecule has 5 rings (SSSR count). The molecular formula is C33H28ClNO6. The van der Waals surface area contributed by atoms with E-state index in [1.807, 2.05) is 61.5 Å². The molecule has 0 unspecified atom stereocenters. The van der Waals surface area contributed by atoms with E-state index in [2.05, 4.69) is 4.98 Å². The van der Waals surface area contributed by atoms with Gasteiger partial charge in [-0.05, 0) is 61.0 Å². The Morgan fingerprint density at radius 3 is 2.32 bits per heavy atom. The van der Waals surface area contributed by atoms with Crippen molar-refractivity contribution in [3.8, 4) is 23.0 Å². The summed E-state index contributed by atoms with van der Waals surface area (Å²) in [5.41, 5.74) is 3.38. The van der Waals surface area contributed by atoms with Gasteiger partial charge in [0, 0.05) is 22.2 Å². The van der Waals surface area contributed by atoms with Crippen LogP contribution in [0.5, 0.6) is 23.0 Å². The van der Waals surface area contributed by atoms with E-state index in [1.165, 1.54) is 14.2 Å². The van der Waals surface area contributed by atoms with Crippen molar-refractivity contribution in [1.29, 1.82) is 0 Å². The van der Waals surface area contributed by atoms with Crippen LogP contribution in [0.25, 0.3) is 22.7 Å². The summed E-state index contributed by atoms with van der Waals surface area (Å²) in [6, 6.07) is 25.3. The lowest BCUT2D eigenvalue weighted by atomic mass is 10.00. The lowest BCUT2D eigenvalue weighted by molar-refractivity contribution is 0.105. The van der Waals surface area contributed by atoms with Crippen LogP contribution in [-0.4, -0.2) is 31.6 Å². The number of halogens is 1. The highest BCUT2D eigenvalue weighted by molar-refractivity contribution is 6.32. The molecule has 8 heteroatoms. The number of carbonyl (C=O) groups is 1. The Morgan fingerprint density at radius 1 is 0.878 bits per heavy atom. The Balaban J connectivity index is 1.56. The molecule has 5 aromatic rings. The van der Waals surface area contributed by atoms with E-state index < -0.39 is 0 Å². The van der Waals surface area contributed by atoms with Crippen LogP contribution in [0.1, 0.15) is 34.3 Å². The molecular weight excluding hydrogens is 542 g/mol. The van der Waals surface area contributed by atoms with Crippen LogP contribution in [0.15, 0.2) is 89.3 Å². The maximum atomic E-state index is 14.0. The van der Waals surface area contributed by atoms with Crippen LogP contribution >= 0.6 is 11.6 Å². The summed E-state index contributed by atoms with van der Waals surface area (Å²) in [7, 11) is 3.07. The maximum Gasteiger partial charge on any atom is 0.231 e. The number of oxazole rings is 1. The molecule has 1 aromatic heterocycles. The minimum absolute atomic E-state index is 0.190. The normalized spacial score (nSPS) is 11.4. The summed E-state index contributed by atoms with van der Waals surface area (Å²) in [6.07, 6.45) is 1.72. The van der Waals surface area contributed by atoms with Gasteiger partial charge in [-0.15, -0.1) is 0 Å². The van der Waals surface area contributed by atoms with Crippen LogP contribution in [0.2, 0.25) is 5.02 Å². The lowest BCUT2D eigenvalue weighted by Gasteiger charge is -2.14. The van der Waals surface area contributed by atoms with Gasteiger partial charge in [-0.3, -0.25) is 4.79 Å². The van der Waals surface area contributed by atoms with Gasteiger partial charge in [-0.25, -0.2) is 4.98 Å². The van der Waals surface area contributed by atoms with Gasteiger partial charge in [0.05, 0.1) is 26.4 Å². The SMILES string of the molecule is CCOc1cc(C=C(C(=O)c2cc(OC)cc(OC)c2)c2nc3ccccc3o2)ccc1OCc1ccccc1Cl. The quantitative estimate of drug-likeness (QED) is 0.118. The fourth-order valence-corrected chi connectivity index (χ4v) is 4.44. The zero-order valence-electron chi connectivity index (χ0n) is 22.8. The summed E-state index contributed by atoms with van der Waals surface area (Å²) in [4.78, 5) is 18.6. The summed E-state index contributed by atoms with van der Waals surface area (Å²) >= 11 is 6.30. The van der Waals surface area contributed by atoms with E-state index in [9.17, 15) is 4.79 Å². The molecule has 0 saturated heterocycles. The average Bonchev–Trinajstić information content (AvgIpc) is 3.43. The van der Waals surface area contributed by atoms with E-state index >= 15 is 0 Å². The number of ether oxygens (including phenoxy) is 4. The van der Waals surface area contributed by atoms with E-state index in [0.29, 0.717) is 56.9 Å². The molecule has 0 aliphatic heterocycles. The van der Waals surface area contributed by atoms with Crippen molar-refractivity contribution in [2.75, 3.05) is 20.8 Å². The van der Waals surface area contributed by atoms with Gasteiger partial charge in [0.2, 0.25) is 5.89 Å². The number of carbonyl (C=O) groups excluding carboxylic acids is 1. The van der Waals surface area contributed by atoms with Gasteiger partial charge in [0.25, 0.3) is 0 Å². The van der Waals surface area contributed by atoms with Crippen molar-refractivity contribution in [3.05, 3.63) is 113 Å². The number of para-hydroxylation sites is 2. The lowest BCUT2D eigenvalue weighted by Crippen LogP contribution is -2.05. The van der Waals surface area contributed by atoms with Gasteiger partial charge >= 0.3 is 0 Å². The number of hydrogen-bond donors (Lipinski definition) is 0. The highest BCUT2D eigenvalue weighted by Gasteiger charge is 2.22. The van der Waals surface area contributed by atoms with Gasteiger partial charge in [-0.1, -0.05) is 48.0 Å². The third-order valence-corrected chi connectivity index (χ3v) is 6.67. The van der Waals surface area contributed by atoms with Crippen LogP contribution in [0.4, 0.5) is 0 Å². The van der Waals surface area contributed by atoms with E-state index in [1.54, 1.807) is 36.4 Å². The number of allylic oxidation sites excluding steroid dienone is 1. The Kier molecular flexibility index (Phi) is 8.56. The Hall–Kier alpha value is -4.75. The Bertz CT molecular complexity index is 1670.